The van der Waals surface area contributed by atoms with Gasteiger partial charge in [0, 0.05) is 20.4 Å². The predicted molar refractivity (Wildman–Crippen MR) is 53.6 cm³/mol. The van der Waals surface area contributed by atoms with Crippen LogP contribution in [0.1, 0.15) is 26.3 Å². The molecule has 0 aliphatic rings. The Morgan fingerprint density at radius 3 is 1.42 bits per heavy atom. The van der Waals surface area contributed by atoms with E-state index in [9.17, 15) is 0 Å². The second kappa shape index (κ2) is 17.1. The molecule has 0 aromatic heterocycles. The molecule has 0 spiro atoms. The van der Waals surface area contributed by atoms with Crippen LogP contribution in [0.4, 0.5) is 0 Å². The van der Waals surface area contributed by atoms with E-state index < -0.39 is 0 Å². The van der Waals surface area contributed by atoms with Gasteiger partial charge in [0.25, 0.3) is 0 Å². The molecule has 0 saturated carbocycles. The number of rotatable bonds is 0. The average molecular weight is 337 g/mol. The smallest absolute Gasteiger partial charge is 0 e. The average Bonchev–Trinajstić information content (AvgIpc) is 2.13. The SMILES string of the molecule is CC.Cc1ccccc1.[CH2-]C.[Re]. The molecular formula is C11H19Re-. The molecule has 0 aliphatic heterocycles. The summed E-state index contributed by atoms with van der Waals surface area (Å²) in [6.07, 6.45) is 0. The molecule has 0 heterocycles. The maximum atomic E-state index is 3.25. The fourth-order valence-electron chi connectivity index (χ4n) is 0.534. The van der Waals surface area contributed by atoms with Crippen LogP contribution < -0.4 is 0 Å². The summed E-state index contributed by atoms with van der Waals surface area (Å²) in [5, 5.41) is 0. The molecule has 0 saturated heterocycles. The molecule has 1 radical (unpaired) electrons. The fraction of sp³-hybridized carbons (Fsp3) is 0.364. The number of benzene rings is 1. The van der Waals surface area contributed by atoms with Gasteiger partial charge in [0.05, 0.1) is 0 Å². The molecule has 71 valence electrons. The summed E-state index contributed by atoms with van der Waals surface area (Å²) in [7, 11) is 0. The number of aryl methyl sites for hydroxylation is 1. The summed E-state index contributed by atoms with van der Waals surface area (Å²) in [4.78, 5) is 0. The van der Waals surface area contributed by atoms with Gasteiger partial charge in [-0.15, -0.1) is 0 Å². The summed E-state index contributed by atoms with van der Waals surface area (Å²) in [6.45, 7) is 11.1. The summed E-state index contributed by atoms with van der Waals surface area (Å²) < 4.78 is 0. The van der Waals surface area contributed by atoms with E-state index in [1.54, 1.807) is 6.92 Å². The van der Waals surface area contributed by atoms with E-state index in [1.807, 2.05) is 32.0 Å². The van der Waals surface area contributed by atoms with Crippen molar-refractivity contribution in [2.75, 3.05) is 0 Å². The fourth-order valence-corrected chi connectivity index (χ4v) is 0.534. The maximum absolute atomic E-state index is 3.25. The van der Waals surface area contributed by atoms with E-state index in [0.717, 1.165) is 0 Å². The van der Waals surface area contributed by atoms with Crippen LogP contribution in [-0.2, 0) is 20.4 Å². The molecule has 0 atom stereocenters. The molecule has 1 aromatic rings. The van der Waals surface area contributed by atoms with Crippen molar-refractivity contribution in [1.29, 1.82) is 0 Å². The third-order valence-electron chi connectivity index (χ3n) is 0.940. The monoisotopic (exact) mass is 338 g/mol. The Bertz CT molecular complexity index is 135. The summed E-state index contributed by atoms with van der Waals surface area (Å²) in [5.74, 6) is 0. The molecular weight excluding hydrogens is 318 g/mol. The third-order valence-corrected chi connectivity index (χ3v) is 0.940. The van der Waals surface area contributed by atoms with Gasteiger partial charge < -0.3 is 6.92 Å². The molecule has 0 unspecified atom stereocenters. The molecule has 1 rings (SSSR count). The van der Waals surface area contributed by atoms with Crippen LogP contribution in [-0.4, -0.2) is 0 Å². The van der Waals surface area contributed by atoms with Crippen LogP contribution in [0.25, 0.3) is 0 Å². The maximum Gasteiger partial charge on any atom is 0 e. The van der Waals surface area contributed by atoms with Gasteiger partial charge in [0.2, 0.25) is 0 Å². The van der Waals surface area contributed by atoms with Gasteiger partial charge in [-0.1, -0.05) is 49.7 Å². The van der Waals surface area contributed by atoms with Crippen LogP contribution in [0.15, 0.2) is 30.3 Å². The van der Waals surface area contributed by atoms with Crippen molar-refractivity contribution < 1.29 is 20.4 Å². The van der Waals surface area contributed by atoms with Gasteiger partial charge in [0.15, 0.2) is 0 Å². The van der Waals surface area contributed by atoms with Crippen LogP contribution in [0.3, 0.4) is 0 Å². The second-order valence-electron chi connectivity index (χ2n) is 1.65. The first-order chi connectivity index (χ1) is 5.39. The second-order valence-corrected chi connectivity index (χ2v) is 1.65. The standard InChI is InChI=1S/C7H8.C2H6.C2H5.Re/c1-7-5-3-2-4-6-7;2*1-2;/h2-6H,1H3;1-2H3;1H2,2H3;/q;;-1;. The van der Waals surface area contributed by atoms with Gasteiger partial charge in [0.1, 0.15) is 0 Å². The van der Waals surface area contributed by atoms with Crippen molar-refractivity contribution in [3.8, 4) is 0 Å². The Morgan fingerprint density at radius 2 is 1.25 bits per heavy atom. The predicted octanol–water partition coefficient (Wildman–Crippen LogP) is 3.86. The van der Waals surface area contributed by atoms with Gasteiger partial charge in [-0.05, 0) is 6.92 Å². The first-order valence-corrected chi connectivity index (χ1v) is 4.12. The zero-order valence-electron chi connectivity index (χ0n) is 8.47. The number of hydrogen-bond acceptors (Lipinski definition) is 0. The summed E-state index contributed by atoms with van der Waals surface area (Å²) in [5.41, 5.74) is 1.32. The van der Waals surface area contributed by atoms with E-state index in [0.29, 0.717) is 0 Å². The summed E-state index contributed by atoms with van der Waals surface area (Å²) in [6, 6.07) is 10.3. The topological polar surface area (TPSA) is 0 Å². The first-order valence-electron chi connectivity index (χ1n) is 4.12. The van der Waals surface area contributed by atoms with Crippen LogP contribution >= 0.6 is 0 Å². The van der Waals surface area contributed by atoms with Crippen molar-refractivity contribution in [3.05, 3.63) is 42.8 Å². The van der Waals surface area contributed by atoms with Gasteiger partial charge in [-0.2, -0.15) is 6.92 Å². The van der Waals surface area contributed by atoms with Crippen molar-refractivity contribution in [2.24, 2.45) is 0 Å². The molecule has 0 bridgehead atoms. The Kier molecular flexibility index (Phi) is 25.4. The Morgan fingerprint density at radius 1 is 0.917 bits per heavy atom. The summed E-state index contributed by atoms with van der Waals surface area (Å²) >= 11 is 0. The molecule has 0 nitrogen and oxygen atoms in total. The molecule has 0 amide bonds. The van der Waals surface area contributed by atoms with Crippen LogP contribution in [0.5, 0.6) is 0 Å². The molecule has 12 heavy (non-hydrogen) atoms. The van der Waals surface area contributed by atoms with E-state index in [2.05, 4.69) is 26.0 Å². The van der Waals surface area contributed by atoms with Gasteiger partial charge >= 0.3 is 0 Å². The van der Waals surface area contributed by atoms with E-state index in [-0.39, 0.29) is 20.4 Å². The van der Waals surface area contributed by atoms with Crippen molar-refractivity contribution in [1.82, 2.24) is 0 Å². The zero-order valence-corrected chi connectivity index (χ0v) is 11.2. The van der Waals surface area contributed by atoms with E-state index in [4.69, 9.17) is 0 Å². The van der Waals surface area contributed by atoms with E-state index in [1.165, 1.54) is 5.56 Å². The van der Waals surface area contributed by atoms with E-state index >= 15 is 0 Å². The van der Waals surface area contributed by atoms with Crippen molar-refractivity contribution >= 4 is 0 Å². The normalized spacial score (nSPS) is 6.08. The minimum Gasteiger partial charge on any atom is -0.346 e. The van der Waals surface area contributed by atoms with Gasteiger partial charge in [-0.3, -0.25) is 0 Å². The van der Waals surface area contributed by atoms with Crippen LogP contribution in [0, 0.1) is 13.8 Å². The minimum absolute atomic E-state index is 0. The van der Waals surface area contributed by atoms with Crippen molar-refractivity contribution in [2.45, 2.75) is 27.7 Å². The zero-order chi connectivity index (χ0) is 9.11. The Hall–Kier alpha value is -0.118. The number of hydrogen-bond donors (Lipinski definition) is 0. The quantitative estimate of drug-likeness (QED) is 0.631. The molecule has 1 aromatic carbocycles. The molecule has 1 heteroatoms. The Labute approximate surface area is 91.0 Å². The molecule has 0 fully saturated rings. The molecule has 0 aliphatic carbocycles. The third kappa shape index (κ3) is 12.5. The molecule has 0 N–H and O–H groups in total. The Balaban J connectivity index is -0.000000144. The largest absolute Gasteiger partial charge is 0.346 e. The van der Waals surface area contributed by atoms with Gasteiger partial charge in [-0.25, -0.2) is 0 Å². The van der Waals surface area contributed by atoms with Crippen molar-refractivity contribution in [3.63, 3.8) is 0 Å². The first kappa shape index (κ1) is 17.8. The van der Waals surface area contributed by atoms with Crippen LogP contribution in [0.2, 0.25) is 0 Å². The minimum atomic E-state index is 0.